The number of nitrogens with one attached hydrogen (secondary N) is 4. The van der Waals surface area contributed by atoms with Crippen molar-refractivity contribution in [2.45, 2.75) is 50.7 Å². The Balaban J connectivity index is 2.09. The van der Waals surface area contributed by atoms with Crippen LogP contribution in [-0.2, 0) is 52.4 Å². The molecule has 0 aromatic heterocycles. The first-order chi connectivity index (χ1) is 17.7. The van der Waals surface area contributed by atoms with Crippen LogP contribution in [0.3, 0.4) is 0 Å². The van der Waals surface area contributed by atoms with Crippen LogP contribution in [0.1, 0.15) is 30.9 Å². The van der Waals surface area contributed by atoms with Crippen LogP contribution in [0, 0.1) is 5.92 Å². The quantitative estimate of drug-likeness (QED) is 0.184. The average Bonchev–Trinajstić information content (AvgIpc) is 3.31. The second kappa shape index (κ2) is 14.9. The van der Waals surface area contributed by atoms with Gasteiger partial charge in [-0.05, 0) is 36.3 Å². The summed E-state index contributed by atoms with van der Waals surface area (Å²) in [7, 11) is -0.0718. The van der Waals surface area contributed by atoms with E-state index in [1.54, 1.807) is 6.92 Å². The monoisotopic (exact) mass is 534 g/mol. The lowest BCUT2D eigenvalue weighted by Gasteiger charge is -2.26. The predicted octanol–water partition coefficient (Wildman–Crippen LogP) is -0.533. The van der Waals surface area contributed by atoms with E-state index in [9.17, 15) is 28.2 Å². The number of carbonyl (C=O) groups is 5. The van der Waals surface area contributed by atoms with Gasteiger partial charge in [-0.15, -0.1) is 0 Å². The molecule has 0 bridgehead atoms. The lowest BCUT2D eigenvalue weighted by atomic mass is 9.95. The van der Waals surface area contributed by atoms with E-state index in [1.807, 2.05) is 24.3 Å². The van der Waals surface area contributed by atoms with E-state index in [1.165, 1.54) is 24.8 Å². The summed E-state index contributed by atoms with van der Waals surface area (Å²) in [4.78, 5) is 61.0. The van der Waals surface area contributed by atoms with E-state index in [2.05, 4.69) is 26.0 Å². The Bertz CT molecular complexity index is 1020. The number of rotatable bonds is 14. The molecule has 4 amide bonds. The van der Waals surface area contributed by atoms with Gasteiger partial charge in [0.2, 0.25) is 24.1 Å². The molecule has 0 saturated carbocycles. The first-order valence-electron chi connectivity index (χ1n) is 11.9. The van der Waals surface area contributed by atoms with Crippen LogP contribution in [0.15, 0.2) is 35.7 Å². The third-order valence-corrected chi connectivity index (χ3v) is 6.55. The summed E-state index contributed by atoms with van der Waals surface area (Å²) in [6, 6.07) is 5.25. The molecule has 11 nitrogen and oxygen atoms in total. The van der Waals surface area contributed by atoms with Crippen LogP contribution in [0.4, 0.5) is 0 Å². The first kappa shape index (κ1) is 29.7. The number of benzene rings is 1. The molecule has 0 spiro atoms. The molecule has 0 fully saturated rings. The minimum absolute atomic E-state index is 0.176. The number of hydrogen-bond donors (Lipinski definition) is 4. The number of hydrogen-bond acceptors (Lipinski definition) is 7. The van der Waals surface area contributed by atoms with E-state index in [-0.39, 0.29) is 12.3 Å². The van der Waals surface area contributed by atoms with E-state index in [4.69, 9.17) is 0 Å². The Morgan fingerprint density at radius 1 is 1.11 bits per heavy atom. The van der Waals surface area contributed by atoms with Gasteiger partial charge in [-0.25, -0.2) is 0 Å². The Hall–Kier alpha value is -3.54. The van der Waals surface area contributed by atoms with Gasteiger partial charge in [-0.3, -0.25) is 28.2 Å². The molecule has 0 radical (unpaired) electrons. The molecule has 4 N–H and O–H groups in total. The van der Waals surface area contributed by atoms with Gasteiger partial charge in [0.05, 0.1) is 26.1 Å². The van der Waals surface area contributed by atoms with Crippen LogP contribution in [0.25, 0.3) is 0 Å². The Labute approximate surface area is 218 Å². The highest BCUT2D eigenvalue weighted by molar-refractivity contribution is 7.87. The number of fused-ring (bicyclic) bond motifs is 1. The minimum Gasteiger partial charge on any atom is -0.469 e. The van der Waals surface area contributed by atoms with Crippen LogP contribution in [0.2, 0.25) is 0 Å². The Morgan fingerprint density at radius 3 is 2.30 bits per heavy atom. The molecular weight excluding hydrogens is 500 g/mol. The van der Waals surface area contributed by atoms with Gasteiger partial charge in [0, 0.05) is 22.5 Å². The summed E-state index contributed by atoms with van der Waals surface area (Å²) in [5.41, 5.74) is 2.17. The van der Waals surface area contributed by atoms with Crippen molar-refractivity contribution in [3.05, 3.63) is 46.9 Å². The second-order valence-corrected chi connectivity index (χ2v) is 9.94. The summed E-state index contributed by atoms with van der Waals surface area (Å²) < 4.78 is 16.0. The van der Waals surface area contributed by atoms with Gasteiger partial charge in [-0.1, -0.05) is 37.3 Å². The lowest BCUT2D eigenvalue weighted by Crippen LogP contribution is -2.56. The molecule has 1 aromatic carbocycles. The Morgan fingerprint density at radius 2 is 1.76 bits per heavy atom. The highest BCUT2D eigenvalue weighted by Gasteiger charge is 2.35. The zero-order valence-electron chi connectivity index (χ0n) is 21.2. The van der Waals surface area contributed by atoms with Crippen LogP contribution >= 0.6 is 0 Å². The van der Waals surface area contributed by atoms with Gasteiger partial charge >= 0.3 is 5.97 Å². The average molecular weight is 535 g/mol. The molecule has 1 aliphatic carbocycles. The third-order valence-electron chi connectivity index (χ3n) is 6.01. The van der Waals surface area contributed by atoms with Crippen LogP contribution < -0.4 is 21.3 Å². The van der Waals surface area contributed by atoms with Crippen molar-refractivity contribution in [2.24, 2.45) is 5.92 Å². The van der Waals surface area contributed by atoms with Crippen molar-refractivity contribution in [3.8, 4) is 0 Å². The molecule has 1 aliphatic rings. The molecule has 0 saturated heterocycles. The van der Waals surface area contributed by atoms with Crippen molar-refractivity contribution >= 4 is 40.9 Å². The molecule has 0 aliphatic heterocycles. The standard InChI is InChI=1S/C25H34N4O7S/c1-4-20(27-15-30)24(33)29-23(18-11-16-7-5-6-8-17(16)12-18)25(34)26-14-21(31)28-19(9-10-37(3)35)13-22(32)36-2/h5-10,15,18-20,23H,4,11-14H2,1-3H3,(H,26,34)(H,27,30)(H,28,31)(H,29,33)/b10-9+/t19?,20-,23?,37?/m0/s1. The largest absolute Gasteiger partial charge is 0.469 e. The molecule has 3 unspecified atom stereocenters. The highest BCUT2D eigenvalue weighted by Crippen LogP contribution is 2.29. The molecule has 37 heavy (non-hydrogen) atoms. The summed E-state index contributed by atoms with van der Waals surface area (Å²) in [5.74, 6) is -2.43. The van der Waals surface area contributed by atoms with Crippen molar-refractivity contribution in [3.63, 3.8) is 0 Å². The predicted molar refractivity (Wildman–Crippen MR) is 137 cm³/mol. The first-order valence-corrected chi connectivity index (χ1v) is 13.5. The van der Waals surface area contributed by atoms with E-state index >= 15 is 0 Å². The van der Waals surface area contributed by atoms with Gasteiger partial charge in [0.25, 0.3) is 0 Å². The number of carbonyl (C=O) groups excluding carboxylic acids is 5. The topological polar surface area (TPSA) is 160 Å². The SMILES string of the molecule is CC[C@H](NC=O)C(=O)NC(C(=O)NCC(=O)NC(/C=C/S(C)=O)CC(=O)OC)C1Cc2ccccc2C1. The molecule has 202 valence electrons. The highest BCUT2D eigenvalue weighted by atomic mass is 32.2. The number of methoxy groups -OCH3 is 1. The molecule has 12 heteroatoms. The summed E-state index contributed by atoms with van der Waals surface area (Å²) in [6.45, 7) is 1.33. The van der Waals surface area contributed by atoms with Gasteiger partial charge in [0.1, 0.15) is 12.1 Å². The van der Waals surface area contributed by atoms with Crippen LogP contribution in [0.5, 0.6) is 0 Å². The zero-order chi connectivity index (χ0) is 27.4. The minimum atomic E-state index is -1.29. The van der Waals surface area contributed by atoms with E-state index < -0.39 is 59.2 Å². The third kappa shape index (κ3) is 9.45. The molecular formula is C25H34N4O7S. The van der Waals surface area contributed by atoms with E-state index in [0.717, 1.165) is 11.1 Å². The summed E-state index contributed by atoms with van der Waals surface area (Å²) in [5, 5.41) is 11.7. The van der Waals surface area contributed by atoms with Crippen molar-refractivity contribution in [1.29, 1.82) is 0 Å². The van der Waals surface area contributed by atoms with Crippen molar-refractivity contribution < 1.29 is 32.9 Å². The molecule has 1 aromatic rings. The molecule has 2 rings (SSSR count). The lowest BCUT2D eigenvalue weighted by molar-refractivity contribution is -0.141. The number of amides is 4. The van der Waals surface area contributed by atoms with Gasteiger partial charge in [-0.2, -0.15) is 0 Å². The Kier molecular flexibility index (Phi) is 11.9. The molecule has 0 heterocycles. The normalized spacial score (nSPS) is 16.1. The maximum absolute atomic E-state index is 13.2. The number of ether oxygens (including phenoxy) is 1. The smallest absolute Gasteiger partial charge is 0.307 e. The second-order valence-electron chi connectivity index (χ2n) is 8.67. The zero-order valence-corrected chi connectivity index (χ0v) is 22.0. The fourth-order valence-corrected chi connectivity index (χ4v) is 4.52. The maximum atomic E-state index is 13.2. The van der Waals surface area contributed by atoms with Gasteiger partial charge < -0.3 is 26.0 Å². The molecule has 4 atom stereocenters. The van der Waals surface area contributed by atoms with Crippen molar-refractivity contribution in [2.75, 3.05) is 19.9 Å². The summed E-state index contributed by atoms with van der Waals surface area (Å²) >= 11 is 0. The summed E-state index contributed by atoms with van der Waals surface area (Å²) in [6.07, 6.45) is 4.60. The maximum Gasteiger partial charge on any atom is 0.307 e. The fourth-order valence-electron chi connectivity index (χ4n) is 4.11. The number of esters is 1. The van der Waals surface area contributed by atoms with Crippen molar-refractivity contribution in [1.82, 2.24) is 21.3 Å². The fraction of sp³-hybridized carbons (Fsp3) is 0.480. The van der Waals surface area contributed by atoms with E-state index in [0.29, 0.717) is 25.7 Å². The van der Waals surface area contributed by atoms with Crippen LogP contribution in [-0.4, -0.2) is 72.3 Å². The van der Waals surface area contributed by atoms with Gasteiger partial charge in [0.15, 0.2) is 0 Å².